The van der Waals surface area contributed by atoms with Crippen molar-refractivity contribution in [3.05, 3.63) is 94.0 Å². The summed E-state index contributed by atoms with van der Waals surface area (Å²) in [5.41, 5.74) is 3.05. The number of aliphatic hydroxyl groups is 1. The second-order valence-corrected chi connectivity index (χ2v) is 14.2. The molecule has 0 aromatic heterocycles. The van der Waals surface area contributed by atoms with Gasteiger partial charge in [0.25, 0.3) is 0 Å². The van der Waals surface area contributed by atoms with Gasteiger partial charge in [0.15, 0.2) is 0 Å². The van der Waals surface area contributed by atoms with E-state index in [-0.39, 0.29) is 53.2 Å². The van der Waals surface area contributed by atoms with Crippen molar-refractivity contribution >= 4 is 40.6 Å². The van der Waals surface area contributed by atoms with E-state index in [9.17, 15) is 20.4 Å². The smallest absolute Gasteiger partial charge is 1.00 e. The minimum Gasteiger partial charge on any atom is -1.00 e. The molecule has 15 heteroatoms. The van der Waals surface area contributed by atoms with Gasteiger partial charge in [-0.2, -0.15) is 10.5 Å². The molecular formula is C43H50Cl3N5NaO6+. The number of carbonyl (C=O) groups is 1. The Morgan fingerprint density at radius 3 is 1.74 bits per heavy atom. The zero-order valence-corrected chi connectivity index (χ0v) is 37.8. The van der Waals surface area contributed by atoms with Crippen LogP contribution in [-0.4, -0.2) is 88.0 Å². The molecule has 0 radical (unpaired) electrons. The van der Waals surface area contributed by atoms with Crippen LogP contribution in [-0.2, 0) is 25.5 Å². The van der Waals surface area contributed by atoms with Gasteiger partial charge in [0.1, 0.15) is 25.2 Å². The summed E-state index contributed by atoms with van der Waals surface area (Å²) < 4.78 is 22.7. The molecule has 4 rings (SSSR count). The number of hydrogen-bond acceptors (Lipinski definition) is 8. The van der Waals surface area contributed by atoms with E-state index in [1.165, 1.54) is 4.90 Å². The summed E-state index contributed by atoms with van der Waals surface area (Å²) in [4.78, 5) is 14.6. The average Bonchev–Trinajstić information content (AvgIpc) is 3.18. The number of alkyl halides is 2. The number of amides is 2. The number of anilines is 2. The molecule has 4 N–H and O–H groups in total. The predicted octanol–water partition coefficient (Wildman–Crippen LogP) is -0.483. The first-order chi connectivity index (χ1) is 27.0. The summed E-state index contributed by atoms with van der Waals surface area (Å²) in [6.07, 6.45) is 0.464. The van der Waals surface area contributed by atoms with Crippen LogP contribution in [0.15, 0.2) is 60.7 Å². The van der Waals surface area contributed by atoms with Gasteiger partial charge in [0.05, 0.1) is 92.8 Å². The van der Waals surface area contributed by atoms with Crippen molar-refractivity contribution in [2.75, 3.05) is 81.9 Å². The standard InChI is InChI=1S/C42H47N5O6.CH2Cl2.ClH.Na/c1-32(2)28-42(3,49)14-13-38-27-35(30-44)9-12-40(38)46-41(48)45-39-11-8-34(29-43)26-37(39)10-7-33-5-4-6-36(25-33)31-47-15-17-50-19-21-52-23-24-53-22-20-51-18-16-47;2-1-3;;/h4-6,8-9,11-12,25-27,32,49H,15-24,28,31H2,1-3H3,(H2,45,46,48);1H2;1H;/q;;;+1/t42-;;;/m0.../s1. The van der Waals surface area contributed by atoms with E-state index in [0.29, 0.717) is 92.9 Å². The third-order valence-corrected chi connectivity index (χ3v) is 8.10. The van der Waals surface area contributed by atoms with Crippen LogP contribution < -0.4 is 57.5 Å². The van der Waals surface area contributed by atoms with Gasteiger partial charge in [-0.1, -0.05) is 49.7 Å². The topological polar surface area (TPSA) is 150 Å². The number of carbonyl (C=O) groups excluding carboxylic acids is 1. The van der Waals surface area contributed by atoms with Crippen LogP contribution in [0.5, 0.6) is 0 Å². The number of hydrogen-bond donors (Lipinski definition) is 4. The molecule has 1 aliphatic heterocycles. The fraction of sp³-hybridized carbons (Fsp3) is 0.419. The number of ether oxygens (including phenoxy) is 4. The largest absolute Gasteiger partial charge is 1.00 e. The molecule has 0 bridgehead atoms. The Hall–Kier alpha value is -3.34. The first kappa shape index (κ1) is 52.7. The summed E-state index contributed by atoms with van der Waals surface area (Å²) in [5.74, 6) is 12.4. The Labute approximate surface area is 381 Å². The van der Waals surface area contributed by atoms with Crippen LogP contribution in [0, 0.1) is 52.3 Å². The number of nitriles is 2. The Kier molecular flexibility index (Phi) is 27.1. The minimum absolute atomic E-state index is 0. The van der Waals surface area contributed by atoms with Crippen molar-refractivity contribution in [2.24, 2.45) is 5.92 Å². The van der Waals surface area contributed by atoms with Crippen molar-refractivity contribution in [3.63, 3.8) is 0 Å². The number of urea groups is 1. The summed E-state index contributed by atoms with van der Waals surface area (Å²) in [6, 6.07) is 21.3. The molecule has 1 fully saturated rings. The Balaban J connectivity index is 0.00000326. The molecule has 3 aromatic rings. The molecule has 0 aliphatic carbocycles. The molecular weight excluding hydrogens is 812 g/mol. The Morgan fingerprint density at radius 2 is 1.26 bits per heavy atom. The van der Waals surface area contributed by atoms with Gasteiger partial charge in [-0.3, -0.25) is 0 Å². The molecule has 58 heavy (non-hydrogen) atoms. The first-order valence-corrected chi connectivity index (χ1v) is 19.4. The number of nitrogens with one attached hydrogen (secondary N) is 3. The van der Waals surface area contributed by atoms with E-state index >= 15 is 0 Å². The normalized spacial score (nSPS) is 14.7. The summed E-state index contributed by atoms with van der Waals surface area (Å²) in [5, 5.41) is 35.6. The van der Waals surface area contributed by atoms with Crippen LogP contribution in [0.4, 0.5) is 16.2 Å². The summed E-state index contributed by atoms with van der Waals surface area (Å²) in [6.45, 7) is 12.4. The van der Waals surface area contributed by atoms with E-state index in [1.807, 2.05) is 32.0 Å². The summed E-state index contributed by atoms with van der Waals surface area (Å²) in [7, 11) is 0. The molecule has 3 aromatic carbocycles. The number of quaternary nitrogens is 1. The van der Waals surface area contributed by atoms with Crippen LogP contribution >= 0.6 is 23.2 Å². The van der Waals surface area contributed by atoms with Gasteiger partial charge < -0.3 is 52.0 Å². The Morgan fingerprint density at radius 1 is 0.776 bits per heavy atom. The Bertz CT molecular complexity index is 1920. The van der Waals surface area contributed by atoms with Crippen molar-refractivity contribution in [3.8, 4) is 35.8 Å². The fourth-order valence-electron chi connectivity index (χ4n) is 5.66. The number of nitrogens with zero attached hydrogens (tertiary/aromatic N) is 2. The minimum atomic E-state index is -1.24. The molecule has 1 saturated heterocycles. The van der Waals surface area contributed by atoms with Gasteiger partial charge in [-0.05, 0) is 67.8 Å². The third-order valence-electron chi connectivity index (χ3n) is 8.10. The van der Waals surface area contributed by atoms with Crippen molar-refractivity contribution in [1.29, 1.82) is 10.5 Å². The van der Waals surface area contributed by atoms with Gasteiger partial charge >= 0.3 is 35.6 Å². The molecule has 2 amide bonds. The van der Waals surface area contributed by atoms with E-state index in [2.05, 4.69) is 52.5 Å². The predicted molar refractivity (Wildman–Crippen MR) is 219 cm³/mol. The van der Waals surface area contributed by atoms with E-state index < -0.39 is 11.6 Å². The zero-order chi connectivity index (χ0) is 40.6. The SMILES string of the molecule is CC(C)C[C@@](C)(O)C#Cc1cc(C#N)ccc1NC(=O)Nc1ccc(C#N)cc1C#Cc1cccc(C[NH+]2CCOCCOCCOCCOCC2)c1.ClCCl.[Cl-].[Na+]. The molecule has 1 aliphatic rings. The maximum Gasteiger partial charge on any atom is 1.00 e. The molecule has 0 spiro atoms. The number of halogens is 3. The molecule has 1 atom stereocenters. The van der Waals surface area contributed by atoms with Gasteiger partial charge in [0, 0.05) is 22.3 Å². The van der Waals surface area contributed by atoms with Crippen LogP contribution in [0.2, 0.25) is 0 Å². The number of rotatable bonds is 6. The van der Waals surface area contributed by atoms with Crippen molar-refractivity contribution in [1.82, 2.24) is 0 Å². The van der Waals surface area contributed by atoms with E-state index in [1.54, 1.807) is 43.3 Å². The third kappa shape index (κ3) is 21.1. The number of benzene rings is 3. The fourth-order valence-corrected chi connectivity index (χ4v) is 5.66. The molecule has 11 nitrogen and oxygen atoms in total. The van der Waals surface area contributed by atoms with Crippen LogP contribution in [0.1, 0.15) is 60.6 Å². The second kappa shape index (κ2) is 29.8. The van der Waals surface area contributed by atoms with Crippen LogP contribution in [0.3, 0.4) is 0 Å². The van der Waals surface area contributed by atoms with Gasteiger partial charge in [0.2, 0.25) is 0 Å². The average molecular weight is 862 g/mol. The summed E-state index contributed by atoms with van der Waals surface area (Å²) >= 11 is 9.53. The van der Waals surface area contributed by atoms with E-state index in [4.69, 9.17) is 42.1 Å². The monoisotopic (exact) mass is 860 g/mol. The first-order valence-electron chi connectivity index (χ1n) is 18.3. The maximum absolute atomic E-state index is 13.3. The maximum atomic E-state index is 13.3. The van der Waals surface area contributed by atoms with E-state index in [0.717, 1.165) is 30.8 Å². The van der Waals surface area contributed by atoms with Crippen molar-refractivity contribution < 1.29 is 75.7 Å². The van der Waals surface area contributed by atoms with Crippen LogP contribution in [0.25, 0.3) is 0 Å². The molecule has 0 unspecified atom stereocenters. The van der Waals surface area contributed by atoms with Gasteiger partial charge in [-0.25, -0.2) is 4.79 Å². The van der Waals surface area contributed by atoms with Crippen molar-refractivity contribution in [2.45, 2.75) is 39.3 Å². The second-order valence-electron chi connectivity index (χ2n) is 13.4. The molecule has 1 heterocycles. The molecule has 0 saturated carbocycles. The molecule has 304 valence electrons. The zero-order valence-electron chi connectivity index (χ0n) is 33.6. The quantitative estimate of drug-likeness (QED) is 0.148. The van der Waals surface area contributed by atoms with Gasteiger partial charge in [-0.15, -0.1) is 23.2 Å².